The number of nitrogens with one attached hydrogen (secondary N) is 2. The monoisotopic (exact) mass is 354 g/mol. The van der Waals surface area contributed by atoms with Crippen molar-refractivity contribution in [3.05, 3.63) is 42.4 Å². The van der Waals surface area contributed by atoms with Crippen molar-refractivity contribution in [2.75, 3.05) is 18.5 Å². The number of aliphatic hydroxyl groups excluding tert-OH is 1. The molecule has 0 spiro atoms. The van der Waals surface area contributed by atoms with E-state index in [2.05, 4.69) is 20.1 Å². The number of carbonyl (C=O) groups is 1. The van der Waals surface area contributed by atoms with Gasteiger partial charge in [-0.05, 0) is 24.3 Å². The maximum atomic E-state index is 13.0. The number of benzene rings is 1. The fourth-order valence-electron chi connectivity index (χ4n) is 2.35. The number of anilines is 1. The molecule has 25 heavy (non-hydrogen) atoms. The Bertz CT molecular complexity index is 736. The molecule has 7 nitrogen and oxygen atoms in total. The molecular weight excluding hydrogens is 338 g/mol. The third kappa shape index (κ3) is 4.38. The number of urea groups is 1. The van der Waals surface area contributed by atoms with E-state index in [4.69, 9.17) is 4.42 Å². The molecule has 1 aromatic heterocycles. The second kappa shape index (κ2) is 6.98. The minimum absolute atomic E-state index is 0.102. The summed E-state index contributed by atoms with van der Waals surface area (Å²) in [5, 5.41) is 14.5. The zero-order valence-electron chi connectivity index (χ0n) is 13.0. The standard InChI is InChI=1S/C16H16F2N2O5/c17-16(18)24-13-4-3-11(7-14(13)25-16)20-15(22)19-8-10(9-21)6-12-2-1-5-23-12/h1-5,7,10,21H,6,8-9H2,(H2,19,20,22)/t10-/m1/s1. The van der Waals surface area contributed by atoms with Crippen LogP contribution in [0.15, 0.2) is 41.0 Å². The fourth-order valence-corrected chi connectivity index (χ4v) is 2.35. The molecule has 3 rings (SSSR count). The smallest absolute Gasteiger partial charge is 0.469 e. The van der Waals surface area contributed by atoms with Crippen LogP contribution >= 0.6 is 0 Å². The fraction of sp³-hybridized carbons (Fsp3) is 0.312. The number of hydrogen-bond donors (Lipinski definition) is 3. The first-order chi connectivity index (χ1) is 11.9. The molecule has 1 aromatic carbocycles. The zero-order chi connectivity index (χ0) is 17.9. The van der Waals surface area contributed by atoms with Crippen molar-refractivity contribution in [1.82, 2.24) is 5.32 Å². The quantitative estimate of drug-likeness (QED) is 0.741. The van der Waals surface area contributed by atoms with Gasteiger partial charge in [-0.3, -0.25) is 0 Å². The van der Waals surface area contributed by atoms with E-state index < -0.39 is 12.3 Å². The molecular formula is C16H16F2N2O5. The van der Waals surface area contributed by atoms with E-state index in [1.165, 1.54) is 24.5 Å². The first-order valence-electron chi connectivity index (χ1n) is 7.53. The van der Waals surface area contributed by atoms with E-state index in [0.717, 1.165) is 0 Å². The van der Waals surface area contributed by atoms with Crippen LogP contribution in [0.5, 0.6) is 11.5 Å². The van der Waals surface area contributed by atoms with Crippen LogP contribution in [-0.4, -0.2) is 30.6 Å². The summed E-state index contributed by atoms with van der Waals surface area (Å²) in [7, 11) is 0. The lowest BCUT2D eigenvalue weighted by Gasteiger charge is -2.14. The van der Waals surface area contributed by atoms with Crippen LogP contribution in [0, 0.1) is 5.92 Å². The number of carbonyl (C=O) groups excluding carboxylic acids is 1. The third-order valence-corrected chi connectivity index (χ3v) is 3.54. The lowest BCUT2D eigenvalue weighted by molar-refractivity contribution is -0.286. The number of halogens is 2. The first-order valence-corrected chi connectivity index (χ1v) is 7.53. The summed E-state index contributed by atoms with van der Waals surface area (Å²) in [6, 6.07) is 6.92. The molecule has 3 N–H and O–H groups in total. The molecule has 0 aliphatic carbocycles. The van der Waals surface area contributed by atoms with Crippen molar-refractivity contribution < 1.29 is 32.6 Å². The molecule has 0 unspecified atom stereocenters. The highest BCUT2D eigenvalue weighted by Crippen LogP contribution is 2.42. The van der Waals surface area contributed by atoms with Gasteiger partial charge >= 0.3 is 12.3 Å². The summed E-state index contributed by atoms with van der Waals surface area (Å²) >= 11 is 0. The summed E-state index contributed by atoms with van der Waals surface area (Å²) in [6.45, 7) is 0.0890. The van der Waals surface area contributed by atoms with Gasteiger partial charge < -0.3 is 29.6 Å². The van der Waals surface area contributed by atoms with E-state index in [-0.39, 0.29) is 36.3 Å². The third-order valence-electron chi connectivity index (χ3n) is 3.54. The van der Waals surface area contributed by atoms with Gasteiger partial charge in [0.15, 0.2) is 11.5 Å². The molecule has 0 fully saturated rings. The first kappa shape index (κ1) is 17.0. The Labute approximate surface area is 141 Å². The van der Waals surface area contributed by atoms with Crippen LogP contribution in [0.1, 0.15) is 5.76 Å². The average Bonchev–Trinajstić information content (AvgIpc) is 3.16. The summed E-state index contributed by atoms with van der Waals surface area (Å²) in [5.41, 5.74) is 0.268. The van der Waals surface area contributed by atoms with Crippen LogP contribution in [0.25, 0.3) is 0 Å². The van der Waals surface area contributed by atoms with Gasteiger partial charge in [0.25, 0.3) is 0 Å². The van der Waals surface area contributed by atoms with Gasteiger partial charge in [-0.15, -0.1) is 8.78 Å². The summed E-state index contributed by atoms with van der Waals surface area (Å²) in [4.78, 5) is 11.9. The number of ether oxygens (including phenoxy) is 2. The molecule has 134 valence electrons. The van der Waals surface area contributed by atoms with Gasteiger partial charge in [0.05, 0.1) is 6.26 Å². The van der Waals surface area contributed by atoms with E-state index in [9.17, 15) is 18.7 Å². The predicted octanol–water partition coefficient (Wildman–Crippen LogP) is 2.57. The molecule has 9 heteroatoms. The Morgan fingerprint density at radius 1 is 1.24 bits per heavy atom. The van der Waals surface area contributed by atoms with Crippen molar-refractivity contribution in [1.29, 1.82) is 0 Å². The number of aliphatic hydroxyl groups is 1. The second-order valence-corrected chi connectivity index (χ2v) is 5.50. The molecule has 1 aliphatic heterocycles. The number of fused-ring (bicyclic) bond motifs is 1. The molecule has 1 atom stereocenters. The van der Waals surface area contributed by atoms with Crippen LogP contribution in [0.4, 0.5) is 19.3 Å². The largest absolute Gasteiger partial charge is 0.586 e. The molecule has 2 amide bonds. The van der Waals surface area contributed by atoms with Crippen molar-refractivity contribution >= 4 is 11.7 Å². The van der Waals surface area contributed by atoms with Gasteiger partial charge in [-0.2, -0.15) is 0 Å². The van der Waals surface area contributed by atoms with Crippen LogP contribution < -0.4 is 20.1 Å². The number of furan rings is 1. The Balaban J connectivity index is 1.51. The van der Waals surface area contributed by atoms with E-state index >= 15 is 0 Å². The Morgan fingerprint density at radius 3 is 2.76 bits per heavy atom. The van der Waals surface area contributed by atoms with Gasteiger partial charge in [0, 0.05) is 37.2 Å². The number of hydrogen-bond acceptors (Lipinski definition) is 5. The molecule has 0 bridgehead atoms. The normalized spacial score (nSPS) is 15.6. The molecule has 0 saturated heterocycles. The summed E-state index contributed by atoms with van der Waals surface area (Å²) in [6.07, 6.45) is -1.70. The van der Waals surface area contributed by atoms with Gasteiger partial charge in [0.1, 0.15) is 5.76 Å². The Kier molecular flexibility index (Phi) is 4.75. The van der Waals surface area contributed by atoms with Crippen molar-refractivity contribution in [3.8, 4) is 11.5 Å². The maximum absolute atomic E-state index is 13.0. The molecule has 0 radical (unpaired) electrons. The van der Waals surface area contributed by atoms with Crippen molar-refractivity contribution in [2.45, 2.75) is 12.7 Å². The highest BCUT2D eigenvalue weighted by atomic mass is 19.3. The molecule has 2 aromatic rings. The average molecular weight is 354 g/mol. The highest BCUT2D eigenvalue weighted by molar-refractivity contribution is 5.89. The number of rotatable bonds is 6. The molecule has 2 heterocycles. The molecule has 0 saturated carbocycles. The lowest BCUT2D eigenvalue weighted by Crippen LogP contribution is -2.34. The SMILES string of the molecule is O=C(NC[C@H](CO)Cc1ccco1)Nc1ccc2c(c1)OC(F)(F)O2. The minimum atomic E-state index is -3.70. The van der Waals surface area contributed by atoms with Crippen LogP contribution in [0.2, 0.25) is 0 Å². The highest BCUT2D eigenvalue weighted by Gasteiger charge is 2.43. The number of amides is 2. The maximum Gasteiger partial charge on any atom is 0.586 e. The van der Waals surface area contributed by atoms with E-state index in [1.807, 2.05) is 0 Å². The van der Waals surface area contributed by atoms with Gasteiger partial charge in [-0.1, -0.05) is 0 Å². The molecule has 1 aliphatic rings. The zero-order valence-corrected chi connectivity index (χ0v) is 13.0. The predicted molar refractivity (Wildman–Crippen MR) is 82.7 cm³/mol. The lowest BCUT2D eigenvalue weighted by atomic mass is 10.1. The second-order valence-electron chi connectivity index (χ2n) is 5.50. The van der Waals surface area contributed by atoms with Crippen LogP contribution in [-0.2, 0) is 6.42 Å². The summed E-state index contributed by atoms with van der Waals surface area (Å²) in [5.74, 6) is 0.230. The van der Waals surface area contributed by atoms with E-state index in [0.29, 0.717) is 12.2 Å². The topological polar surface area (TPSA) is 93.0 Å². The van der Waals surface area contributed by atoms with Crippen molar-refractivity contribution in [2.24, 2.45) is 5.92 Å². The Hall–Kier alpha value is -2.81. The Morgan fingerprint density at radius 2 is 2.04 bits per heavy atom. The van der Waals surface area contributed by atoms with Gasteiger partial charge in [0.2, 0.25) is 0 Å². The van der Waals surface area contributed by atoms with Crippen LogP contribution in [0.3, 0.4) is 0 Å². The summed E-state index contributed by atoms with van der Waals surface area (Å²) < 4.78 is 39.7. The number of alkyl halides is 2. The van der Waals surface area contributed by atoms with Crippen molar-refractivity contribution in [3.63, 3.8) is 0 Å². The van der Waals surface area contributed by atoms with Gasteiger partial charge in [-0.25, -0.2) is 4.79 Å². The van der Waals surface area contributed by atoms with E-state index in [1.54, 1.807) is 12.1 Å². The minimum Gasteiger partial charge on any atom is -0.469 e.